The summed E-state index contributed by atoms with van der Waals surface area (Å²) < 4.78 is 10.6. The van der Waals surface area contributed by atoms with Crippen molar-refractivity contribution in [3.8, 4) is 10.7 Å². The van der Waals surface area contributed by atoms with Gasteiger partial charge in [0.15, 0.2) is 5.58 Å². The summed E-state index contributed by atoms with van der Waals surface area (Å²) in [6.45, 7) is 2.42. The van der Waals surface area contributed by atoms with Crippen molar-refractivity contribution in [1.29, 1.82) is 0 Å². The molecule has 6 nitrogen and oxygen atoms in total. The molecule has 0 spiro atoms. The molecule has 1 aliphatic rings. The molecule has 1 aromatic carbocycles. The van der Waals surface area contributed by atoms with Crippen LogP contribution in [0.5, 0.6) is 0 Å². The Balaban J connectivity index is 1.68. The lowest BCUT2D eigenvalue weighted by atomic mass is 10.1. The summed E-state index contributed by atoms with van der Waals surface area (Å²) in [6, 6.07) is 5.43. The van der Waals surface area contributed by atoms with Crippen molar-refractivity contribution in [2.24, 2.45) is 0 Å². The number of hydrogen-bond acceptors (Lipinski definition) is 6. The second-order valence-corrected chi connectivity index (χ2v) is 5.88. The lowest BCUT2D eigenvalue weighted by Gasteiger charge is -2.26. The molecule has 0 bridgehead atoms. The fraction of sp³-hybridized carbons (Fsp3) is 0.267. The van der Waals surface area contributed by atoms with Gasteiger partial charge >= 0.3 is 0 Å². The van der Waals surface area contributed by atoms with Crippen LogP contribution in [0.1, 0.15) is 10.4 Å². The van der Waals surface area contributed by atoms with Gasteiger partial charge in [0.2, 0.25) is 0 Å². The third kappa shape index (κ3) is 2.28. The number of fused-ring (bicyclic) bond motifs is 1. The van der Waals surface area contributed by atoms with Gasteiger partial charge in [-0.25, -0.2) is 4.98 Å². The average Bonchev–Trinajstić information content (AvgIpc) is 3.23. The van der Waals surface area contributed by atoms with Gasteiger partial charge in [-0.15, -0.1) is 11.3 Å². The minimum atomic E-state index is -0.00241. The number of nitrogens with zero attached hydrogens (tertiary/aromatic N) is 3. The number of ether oxygens (including phenoxy) is 1. The van der Waals surface area contributed by atoms with Crippen LogP contribution in [0, 0.1) is 0 Å². The lowest BCUT2D eigenvalue weighted by Crippen LogP contribution is -2.40. The zero-order chi connectivity index (χ0) is 14.9. The topological polar surface area (TPSA) is 68.5 Å². The van der Waals surface area contributed by atoms with E-state index in [-0.39, 0.29) is 5.91 Å². The Morgan fingerprint density at radius 1 is 1.27 bits per heavy atom. The summed E-state index contributed by atoms with van der Waals surface area (Å²) in [5.74, 6) is -0.00241. The smallest absolute Gasteiger partial charge is 0.254 e. The predicted molar refractivity (Wildman–Crippen MR) is 81.8 cm³/mol. The highest BCUT2D eigenvalue weighted by Crippen LogP contribution is 2.30. The summed E-state index contributed by atoms with van der Waals surface area (Å²) in [5, 5.41) is 7.65. The molecule has 4 rings (SSSR count). The highest BCUT2D eigenvalue weighted by atomic mass is 32.1. The van der Waals surface area contributed by atoms with Gasteiger partial charge in [-0.3, -0.25) is 4.79 Å². The summed E-state index contributed by atoms with van der Waals surface area (Å²) >= 11 is 1.51. The van der Waals surface area contributed by atoms with Crippen LogP contribution >= 0.6 is 11.3 Å². The SMILES string of the molecule is O=C(c1ccc2c(-c3nccs3)noc2c1)N1CCOCC1. The molecule has 0 saturated carbocycles. The van der Waals surface area contributed by atoms with Crippen LogP contribution in [-0.2, 0) is 4.74 Å². The second kappa shape index (κ2) is 5.51. The fourth-order valence-corrected chi connectivity index (χ4v) is 3.15. The molecule has 1 amide bonds. The highest BCUT2D eigenvalue weighted by molar-refractivity contribution is 7.13. The van der Waals surface area contributed by atoms with Gasteiger partial charge in [0.1, 0.15) is 10.7 Å². The second-order valence-electron chi connectivity index (χ2n) is 4.98. The van der Waals surface area contributed by atoms with Gasteiger partial charge in [-0.2, -0.15) is 0 Å². The first kappa shape index (κ1) is 13.4. The zero-order valence-electron chi connectivity index (χ0n) is 11.7. The van der Waals surface area contributed by atoms with Gasteiger partial charge in [0.05, 0.1) is 18.6 Å². The number of morpholine rings is 1. The molecule has 3 aromatic rings. The maximum Gasteiger partial charge on any atom is 0.254 e. The molecule has 0 aliphatic carbocycles. The van der Waals surface area contributed by atoms with Crippen molar-refractivity contribution >= 4 is 28.2 Å². The van der Waals surface area contributed by atoms with E-state index < -0.39 is 0 Å². The molecule has 22 heavy (non-hydrogen) atoms. The van der Waals surface area contributed by atoms with Crippen LogP contribution in [0.2, 0.25) is 0 Å². The Bertz CT molecular complexity index is 807. The van der Waals surface area contributed by atoms with E-state index in [4.69, 9.17) is 9.26 Å². The fourth-order valence-electron chi connectivity index (χ4n) is 2.51. The summed E-state index contributed by atoms with van der Waals surface area (Å²) in [7, 11) is 0. The van der Waals surface area contributed by atoms with Crippen molar-refractivity contribution < 1.29 is 14.1 Å². The number of carbonyl (C=O) groups excluding carboxylic acids is 1. The Labute approximate surface area is 130 Å². The lowest BCUT2D eigenvalue weighted by molar-refractivity contribution is 0.0303. The molecule has 1 fully saturated rings. The van der Waals surface area contributed by atoms with E-state index in [2.05, 4.69) is 10.1 Å². The molecule has 2 aromatic heterocycles. The molecule has 112 valence electrons. The number of carbonyl (C=O) groups is 1. The molecule has 1 aliphatic heterocycles. The van der Waals surface area contributed by atoms with E-state index in [1.807, 2.05) is 17.5 Å². The Kier molecular flexibility index (Phi) is 3.36. The number of benzene rings is 1. The third-order valence-electron chi connectivity index (χ3n) is 3.65. The van der Waals surface area contributed by atoms with E-state index in [0.29, 0.717) is 37.4 Å². The molecule has 0 radical (unpaired) electrons. The molecule has 0 unspecified atom stereocenters. The van der Waals surface area contributed by atoms with Gasteiger partial charge in [0, 0.05) is 30.2 Å². The number of hydrogen-bond donors (Lipinski definition) is 0. The number of thiazole rings is 1. The molecular formula is C15H13N3O3S. The Hall–Kier alpha value is -2.25. The third-order valence-corrected chi connectivity index (χ3v) is 4.43. The van der Waals surface area contributed by atoms with Crippen molar-refractivity contribution in [1.82, 2.24) is 15.0 Å². The number of rotatable bonds is 2. The van der Waals surface area contributed by atoms with E-state index in [1.165, 1.54) is 11.3 Å². The molecular weight excluding hydrogens is 302 g/mol. The average molecular weight is 315 g/mol. The predicted octanol–water partition coefficient (Wildman–Crippen LogP) is 2.42. The molecule has 0 atom stereocenters. The van der Waals surface area contributed by atoms with E-state index in [9.17, 15) is 4.79 Å². The monoisotopic (exact) mass is 315 g/mol. The van der Waals surface area contributed by atoms with Crippen LogP contribution in [0.25, 0.3) is 21.7 Å². The summed E-state index contributed by atoms with van der Waals surface area (Å²) in [6.07, 6.45) is 1.73. The number of amides is 1. The maximum absolute atomic E-state index is 12.5. The van der Waals surface area contributed by atoms with E-state index >= 15 is 0 Å². The highest BCUT2D eigenvalue weighted by Gasteiger charge is 2.20. The van der Waals surface area contributed by atoms with Gasteiger partial charge in [0.25, 0.3) is 5.91 Å². The van der Waals surface area contributed by atoms with Crippen molar-refractivity contribution in [3.63, 3.8) is 0 Å². The van der Waals surface area contributed by atoms with Crippen LogP contribution in [-0.4, -0.2) is 47.3 Å². The standard InChI is InChI=1S/C15H13N3O3S/c19-15(18-4-6-20-7-5-18)10-1-2-11-12(9-10)21-17-13(11)14-16-3-8-22-14/h1-3,8-9H,4-7H2. The largest absolute Gasteiger partial charge is 0.378 e. The van der Waals surface area contributed by atoms with Gasteiger partial charge in [-0.05, 0) is 18.2 Å². The van der Waals surface area contributed by atoms with Gasteiger partial charge < -0.3 is 14.2 Å². The minimum Gasteiger partial charge on any atom is -0.378 e. The number of aromatic nitrogens is 2. The maximum atomic E-state index is 12.5. The molecule has 0 N–H and O–H groups in total. The Morgan fingerprint density at radius 2 is 2.14 bits per heavy atom. The normalized spacial score (nSPS) is 15.4. The summed E-state index contributed by atoms with van der Waals surface area (Å²) in [4.78, 5) is 18.5. The Morgan fingerprint density at radius 3 is 2.91 bits per heavy atom. The van der Waals surface area contributed by atoms with Crippen LogP contribution in [0.15, 0.2) is 34.3 Å². The van der Waals surface area contributed by atoms with Crippen molar-refractivity contribution in [2.45, 2.75) is 0 Å². The van der Waals surface area contributed by atoms with E-state index in [1.54, 1.807) is 17.2 Å². The minimum absolute atomic E-state index is 0.00241. The van der Waals surface area contributed by atoms with Crippen LogP contribution in [0.4, 0.5) is 0 Å². The first-order valence-electron chi connectivity index (χ1n) is 6.99. The van der Waals surface area contributed by atoms with Crippen molar-refractivity contribution in [2.75, 3.05) is 26.3 Å². The quantitative estimate of drug-likeness (QED) is 0.726. The molecule has 7 heteroatoms. The molecule has 3 heterocycles. The van der Waals surface area contributed by atoms with Gasteiger partial charge in [-0.1, -0.05) is 5.16 Å². The summed E-state index contributed by atoms with van der Waals surface area (Å²) in [5.41, 5.74) is 1.93. The van der Waals surface area contributed by atoms with Crippen molar-refractivity contribution in [3.05, 3.63) is 35.3 Å². The van der Waals surface area contributed by atoms with Crippen LogP contribution in [0.3, 0.4) is 0 Å². The zero-order valence-corrected chi connectivity index (χ0v) is 12.5. The van der Waals surface area contributed by atoms with E-state index in [0.717, 1.165) is 16.1 Å². The first-order valence-corrected chi connectivity index (χ1v) is 7.87. The first-order chi connectivity index (χ1) is 10.8. The molecule has 1 saturated heterocycles. The van der Waals surface area contributed by atoms with Crippen LogP contribution < -0.4 is 0 Å².